The van der Waals surface area contributed by atoms with Crippen LogP contribution >= 0.6 is 0 Å². The van der Waals surface area contributed by atoms with Crippen LogP contribution in [0.25, 0.3) is 0 Å². The number of nitrogens with two attached hydrogens (primary N) is 2. The predicted octanol–water partition coefficient (Wildman–Crippen LogP) is -6.05. The molecule has 12 atom stereocenters. The SMILES string of the molecule is CCCCCCCCCCCCC(O)CCCC1NC(=O)C(C(O)C(N)=O)NC(=O)C(C(O)C(N)=O)NC(=O)C(C(O)c2ccc(O)cc2)NC(=O)C(CO)NC(=O)C2CC(O)CN2C(=O)C(CO)NC(=O)CNC1=O. The van der Waals surface area contributed by atoms with E-state index in [1.54, 1.807) is 0 Å². The number of nitrogens with zero attached hydrogens (tertiary/aromatic N) is 1. The lowest BCUT2D eigenvalue weighted by molar-refractivity contribution is -0.144. The molecule has 12 unspecified atom stereocenters. The van der Waals surface area contributed by atoms with Crippen molar-refractivity contribution in [2.75, 3.05) is 26.3 Å². The average Bonchev–Trinajstić information content (AvgIpc) is 3.79. The Balaban J connectivity index is 2.04. The Morgan fingerprint density at radius 1 is 0.605 bits per heavy atom. The lowest BCUT2D eigenvalue weighted by atomic mass is 9.99. The summed E-state index contributed by atoms with van der Waals surface area (Å²) in [5.41, 5.74) is 10.4. The summed E-state index contributed by atoms with van der Waals surface area (Å²) < 4.78 is 0. The fourth-order valence-corrected chi connectivity index (χ4v) is 8.59. The third-order valence-electron chi connectivity index (χ3n) is 13.0. The molecule has 10 amide bonds. The highest BCUT2D eigenvalue weighted by atomic mass is 16.3. The number of benzene rings is 1. The summed E-state index contributed by atoms with van der Waals surface area (Å²) in [6, 6.07) is -10.3. The third-order valence-corrected chi connectivity index (χ3v) is 13.0. The number of rotatable bonds is 23. The number of primary amides is 2. The number of aliphatic hydroxyl groups excluding tert-OH is 7. The molecule has 0 bridgehead atoms. The van der Waals surface area contributed by atoms with Crippen molar-refractivity contribution >= 4 is 59.1 Å². The number of nitrogens with one attached hydrogen (secondary N) is 7. The normalized spacial score (nSPS) is 25.4. The van der Waals surface area contributed by atoms with Crippen molar-refractivity contribution in [1.29, 1.82) is 0 Å². The highest BCUT2D eigenvalue weighted by molar-refractivity contribution is 6.01. The van der Waals surface area contributed by atoms with Gasteiger partial charge >= 0.3 is 0 Å². The summed E-state index contributed by atoms with van der Waals surface area (Å²) in [5, 5.41) is 99.5. The van der Waals surface area contributed by atoms with E-state index < -0.39 is 165 Å². The van der Waals surface area contributed by atoms with Gasteiger partial charge in [0, 0.05) is 13.0 Å². The molecule has 0 radical (unpaired) electrons. The highest BCUT2D eigenvalue weighted by Crippen LogP contribution is 2.23. The fraction of sp³-hybridized carbons (Fsp3) is 0.667. The molecule has 1 aromatic carbocycles. The Hall–Kier alpha value is -6.56. The van der Waals surface area contributed by atoms with E-state index in [2.05, 4.69) is 33.5 Å². The van der Waals surface area contributed by atoms with Gasteiger partial charge in [-0.15, -0.1) is 0 Å². The minimum atomic E-state index is -2.72. The van der Waals surface area contributed by atoms with Gasteiger partial charge in [0.15, 0.2) is 12.2 Å². The first kappa shape index (κ1) is 63.7. The van der Waals surface area contributed by atoms with Gasteiger partial charge in [-0.05, 0) is 43.4 Å². The van der Waals surface area contributed by atoms with Gasteiger partial charge in [0.1, 0.15) is 54.1 Å². The minimum absolute atomic E-state index is 0.0298. The minimum Gasteiger partial charge on any atom is -0.508 e. The van der Waals surface area contributed by atoms with Crippen molar-refractivity contribution < 1.29 is 88.8 Å². The van der Waals surface area contributed by atoms with E-state index in [1.165, 1.54) is 19.3 Å². The first-order chi connectivity index (χ1) is 36.0. The Labute approximate surface area is 438 Å². The lowest BCUT2D eigenvalue weighted by Gasteiger charge is -2.31. The van der Waals surface area contributed by atoms with Gasteiger partial charge in [0.2, 0.25) is 59.1 Å². The molecular formula is C48H76N10O18. The molecule has 0 saturated carbocycles. The molecular weight excluding hydrogens is 1000 g/mol. The quantitative estimate of drug-likeness (QED) is 0.0454. The van der Waals surface area contributed by atoms with E-state index in [4.69, 9.17) is 11.5 Å². The first-order valence-electron chi connectivity index (χ1n) is 25.4. The second-order valence-corrected chi connectivity index (χ2v) is 19.0. The van der Waals surface area contributed by atoms with E-state index in [0.717, 1.165) is 67.7 Å². The van der Waals surface area contributed by atoms with Crippen LogP contribution in [0.15, 0.2) is 24.3 Å². The molecule has 0 spiro atoms. The zero-order chi connectivity index (χ0) is 56.6. The van der Waals surface area contributed by atoms with Crippen LogP contribution in [0.1, 0.15) is 115 Å². The van der Waals surface area contributed by atoms with Gasteiger partial charge in [-0.25, -0.2) is 0 Å². The third kappa shape index (κ3) is 19.9. The standard InChI is InChI=1S/C48H76N10O18/c1-2-3-4-5-6-7-8-9-10-11-13-26(61)14-12-15-29-42(70)51-21-33(64)52-31(24-60)48(76)58-22-28(63)20-32(58)44(72)54-30(23-59)43(71)55-34(37(65)25-16-18-27(62)19-17-25)46(74)57-36(39(67)41(50)69)47(75)56-35(45(73)53-29)38(66)40(49)68/h16-19,26,28-32,34-39,59-63,65-67H,2-15,20-24H2,1H3,(H2,49,68)(H2,50,69)(H,51,70)(H,52,64)(H,53,73)(H,54,72)(H,55,71)(H,56,75)(H,57,74). The number of phenols is 1. The molecule has 28 nitrogen and oxygen atoms in total. The fourth-order valence-electron chi connectivity index (χ4n) is 8.59. The molecule has 2 saturated heterocycles. The smallest absolute Gasteiger partial charge is 0.248 e. The van der Waals surface area contributed by atoms with Crippen molar-refractivity contribution in [3.05, 3.63) is 29.8 Å². The van der Waals surface area contributed by atoms with Crippen molar-refractivity contribution in [1.82, 2.24) is 42.1 Å². The number of aromatic hydroxyl groups is 1. The summed E-state index contributed by atoms with van der Waals surface area (Å²) in [6.45, 7) is -1.63. The van der Waals surface area contributed by atoms with Crippen LogP contribution in [0.3, 0.4) is 0 Å². The van der Waals surface area contributed by atoms with Gasteiger partial charge in [-0.3, -0.25) is 47.9 Å². The maximum absolute atomic E-state index is 14.1. The molecule has 2 heterocycles. The number of carbonyl (C=O) groups excluding carboxylic acids is 10. The largest absolute Gasteiger partial charge is 0.508 e. The number of aliphatic hydroxyl groups is 7. The van der Waals surface area contributed by atoms with Crippen molar-refractivity contribution in [2.24, 2.45) is 11.5 Å². The van der Waals surface area contributed by atoms with Crippen LogP contribution in [0.4, 0.5) is 0 Å². The molecule has 2 aliphatic rings. The van der Waals surface area contributed by atoms with E-state index in [9.17, 15) is 88.8 Å². The van der Waals surface area contributed by atoms with Crippen LogP contribution in [0.2, 0.25) is 0 Å². The molecule has 2 aliphatic heterocycles. The summed E-state index contributed by atoms with van der Waals surface area (Å²) in [5.74, 6) is -14.5. The van der Waals surface area contributed by atoms with Gasteiger partial charge in [0.05, 0.1) is 32.0 Å². The van der Waals surface area contributed by atoms with Crippen LogP contribution in [0, 0.1) is 0 Å². The molecule has 426 valence electrons. The maximum atomic E-state index is 14.1. The monoisotopic (exact) mass is 1080 g/mol. The van der Waals surface area contributed by atoms with Crippen LogP contribution in [0.5, 0.6) is 5.75 Å². The summed E-state index contributed by atoms with van der Waals surface area (Å²) in [7, 11) is 0. The molecule has 3 rings (SSSR count). The molecule has 19 N–H and O–H groups in total. The number of unbranched alkanes of at least 4 members (excludes halogenated alkanes) is 9. The topological polar surface area (TPSA) is 472 Å². The van der Waals surface area contributed by atoms with Gasteiger partial charge in [-0.1, -0.05) is 83.3 Å². The van der Waals surface area contributed by atoms with E-state index in [1.807, 2.05) is 10.6 Å². The van der Waals surface area contributed by atoms with Crippen molar-refractivity contribution in [3.63, 3.8) is 0 Å². The number of hydrogen-bond donors (Lipinski definition) is 17. The number of fused-ring (bicyclic) bond motifs is 1. The molecule has 0 aliphatic carbocycles. The van der Waals surface area contributed by atoms with Crippen molar-refractivity contribution in [2.45, 2.75) is 176 Å². The van der Waals surface area contributed by atoms with Crippen LogP contribution in [-0.4, -0.2) is 198 Å². The summed E-state index contributed by atoms with van der Waals surface area (Å²) in [4.78, 5) is 136. The zero-order valence-electron chi connectivity index (χ0n) is 42.4. The Bertz CT molecular complexity index is 2140. The van der Waals surface area contributed by atoms with Gasteiger partial charge in [0.25, 0.3) is 0 Å². The molecule has 2 fully saturated rings. The number of phenolic OH excluding ortho intramolecular Hbond substituents is 1. The molecule has 0 aromatic heterocycles. The molecule has 28 heteroatoms. The number of hydrogen-bond acceptors (Lipinski definition) is 18. The Kier molecular flexibility index (Phi) is 26.9. The Morgan fingerprint density at radius 3 is 1.63 bits per heavy atom. The van der Waals surface area contributed by atoms with E-state index >= 15 is 0 Å². The van der Waals surface area contributed by atoms with Gasteiger partial charge < -0.3 is 94.4 Å². The first-order valence-corrected chi connectivity index (χ1v) is 25.4. The van der Waals surface area contributed by atoms with E-state index in [0.29, 0.717) is 12.8 Å². The summed E-state index contributed by atoms with van der Waals surface area (Å²) >= 11 is 0. The van der Waals surface area contributed by atoms with Crippen LogP contribution < -0.4 is 48.7 Å². The second kappa shape index (κ2) is 32.1. The maximum Gasteiger partial charge on any atom is 0.248 e. The lowest BCUT2D eigenvalue weighted by Crippen LogP contribution is -2.66. The van der Waals surface area contributed by atoms with Gasteiger partial charge in [-0.2, -0.15) is 0 Å². The second-order valence-electron chi connectivity index (χ2n) is 19.0. The molecule has 1 aromatic rings. The summed E-state index contributed by atoms with van der Waals surface area (Å²) in [6.07, 6.45) is 0.665. The average molecular weight is 1080 g/mol. The zero-order valence-corrected chi connectivity index (χ0v) is 42.4. The molecule has 76 heavy (non-hydrogen) atoms. The Morgan fingerprint density at radius 2 is 1.09 bits per heavy atom. The van der Waals surface area contributed by atoms with E-state index in [-0.39, 0.29) is 30.6 Å². The number of amides is 10. The number of carbonyl (C=O) groups is 10. The van der Waals surface area contributed by atoms with Crippen molar-refractivity contribution in [3.8, 4) is 5.75 Å². The highest BCUT2D eigenvalue weighted by Gasteiger charge is 2.44. The predicted molar refractivity (Wildman–Crippen MR) is 265 cm³/mol. The van der Waals surface area contributed by atoms with Crippen LogP contribution in [-0.2, 0) is 47.9 Å².